The zero-order valence-corrected chi connectivity index (χ0v) is 13.5. The van der Waals surface area contributed by atoms with Gasteiger partial charge in [0.05, 0.1) is 4.43 Å². The van der Waals surface area contributed by atoms with E-state index in [0.29, 0.717) is 0 Å². The van der Waals surface area contributed by atoms with Gasteiger partial charge in [0.2, 0.25) is 5.85 Å². The summed E-state index contributed by atoms with van der Waals surface area (Å²) >= 11 is 1.86. The van der Waals surface area contributed by atoms with E-state index in [4.69, 9.17) is 14.2 Å². The standard InChI is InChI=1S/C12H14FIN2O5/c1-11(2)19-7-8(20-11)12(13,5-14)21-9(7)16-4-3-6(17)15-10(16)18/h3-4,7-9H,5H2,1-2H3,(H,15,17,18)/t7-,8+,9-,12-/m1/s1. The van der Waals surface area contributed by atoms with Crippen molar-refractivity contribution in [3.8, 4) is 0 Å². The van der Waals surface area contributed by atoms with Gasteiger partial charge in [-0.1, -0.05) is 22.6 Å². The van der Waals surface area contributed by atoms with Gasteiger partial charge in [-0.05, 0) is 13.8 Å². The molecule has 0 bridgehead atoms. The molecule has 2 aliphatic rings. The Bertz CT molecular complexity index is 674. The highest BCUT2D eigenvalue weighted by Crippen LogP contribution is 2.48. The van der Waals surface area contributed by atoms with Crippen molar-refractivity contribution in [3.05, 3.63) is 33.1 Å². The predicted octanol–water partition coefficient (Wildman–Crippen LogP) is 0.686. The first-order valence-electron chi connectivity index (χ1n) is 6.35. The highest BCUT2D eigenvalue weighted by Gasteiger charge is 2.64. The number of hydrogen-bond donors (Lipinski definition) is 1. The van der Waals surface area contributed by atoms with Crippen LogP contribution in [0.5, 0.6) is 0 Å². The van der Waals surface area contributed by atoms with E-state index < -0.39 is 41.3 Å². The second kappa shape index (κ2) is 4.86. The lowest BCUT2D eigenvalue weighted by molar-refractivity contribution is -0.246. The van der Waals surface area contributed by atoms with Crippen LogP contribution in [0.1, 0.15) is 20.1 Å². The molecule has 0 unspecified atom stereocenters. The Morgan fingerprint density at radius 3 is 2.71 bits per heavy atom. The maximum atomic E-state index is 14.9. The fourth-order valence-corrected chi connectivity index (χ4v) is 3.23. The number of nitrogens with one attached hydrogen (secondary N) is 1. The van der Waals surface area contributed by atoms with Crippen LogP contribution in [0.2, 0.25) is 0 Å². The maximum Gasteiger partial charge on any atom is 0.330 e. The molecule has 1 N–H and O–H groups in total. The van der Waals surface area contributed by atoms with Gasteiger partial charge in [-0.3, -0.25) is 14.3 Å². The number of H-pyrrole nitrogens is 1. The fraction of sp³-hybridized carbons (Fsp3) is 0.667. The van der Waals surface area contributed by atoms with Gasteiger partial charge >= 0.3 is 5.69 Å². The molecule has 2 fully saturated rings. The zero-order valence-electron chi connectivity index (χ0n) is 11.3. The van der Waals surface area contributed by atoms with Gasteiger partial charge in [0.25, 0.3) is 5.56 Å². The average Bonchev–Trinajstić information content (AvgIpc) is 2.84. The normalized spacial score (nSPS) is 37.6. The number of alkyl halides is 2. The Morgan fingerprint density at radius 2 is 2.10 bits per heavy atom. The van der Waals surface area contributed by atoms with Crippen LogP contribution in [-0.4, -0.2) is 37.8 Å². The van der Waals surface area contributed by atoms with Crippen molar-refractivity contribution in [1.82, 2.24) is 9.55 Å². The molecule has 0 aromatic carbocycles. The summed E-state index contributed by atoms with van der Waals surface area (Å²) in [4.78, 5) is 25.1. The molecule has 2 saturated heterocycles. The molecule has 0 spiro atoms. The maximum absolute atomic E-state index is 14.9. The van der Waals surface area contributed by atoms with E-state index in [1.165, 1.54) is 12.3 Å². The largest absolute Gasteiger partial charge is 0.340 e. The van der Waals surface area contributed by atoms with Gasteiger partial charge in [0.15, 0.2) is 18.1 Å². The molecule has 3 rings (SSSR count). The lowest BCUT2D eigenvalue weighted by atomic mass is 10.1. The van der Waals surface area contributed by atoms with Crippen molar-refractivity contribution < 1.29 is 18.6 Å². The molecule has 21 heavy (non-hydrogen) atoms. The molecule has 4 atom stereocenters. The third-order valence-corrected chi connectivity index (χ3v) is 4.50. The van der Waals surface area contributed by atoms with Crippen LogP contribution in [-0.2, 0) is 14.2 Å². The van der Waals surface area contributed by atoms with E-state index in [-0.39, 0.29) is 4.43 Å². The molecule has 0 amide bonds. The molecule has 1 aromatic heterocycles. The fourth-order valence-electron chi connectivity index (χ4n) is 2.62. The first-order chi connectivity index (χ1) is 9.76. The third-order valence-electron chi connectivity index (χ3n) is 3.46. The minimum atomic E-state index is -2.06. The molecule has 0 saturated carbocycles. The van der Waals surface area contributed by atoms with E-state index in [1.54, 1.807) is 13.8 Å². The molecular formula is C12H14FIN2O5. The monoisotopic (exact) mass is 412 g/mol. The molecule has 1 aromatic rings. The van der Waals surface area contributed by atoms with Crippen molar-refractivity contribution in [2.45, 2.75) is 43.9 Å². The van der Waals surface area contributed by atoms with Gasteiger partial charge in [0.1, 0.15) is 6.10 Å². The third kappa shape index (κ3) is 2.45. The van der Waals surface area contributed by atoms with Crippen LogP contribution < -0.4 is 11.2 Å². The summed E-state index contributed by atoms with van der Waals surface area (Å²) in [6, 6.07) is 1.17. The van der Waals surface area contributed by atoms with E-state index >= 15 is 0 Å². The Balaban J connectivity index is 2.04. The number of nitrogens with zero attached hydrogens (tertiary/aromatic N) is 1. The Labute approximate surface area is 132 Å². The van der Waals surface area contributed by atoms with Crippen LogP contribution in [0, 0.1) is 0 Å². The van der Waals surface area contributed by atoms with Crippen molar-refractivity contribution in [3.63, 3.8) is 0 Å². The number of hydrogen-bond acceptors (Lipinski definition) is 5. The highest BCUT2D eigenvalue weighted by molar-refractivity contribution is 14.1. The van der Waals surface area contributed by atoms with Crippen LogP contribution >= 0.6 is 22.6 Å². The number of ether oxygens (including phenoxy) is 3. The Hall–Kier alpha value is -0.780. The van der Waals surface area contributed by atoms with E-state index in [0.717, 1.165) is 4.57 Å². The first kappa shape index (κ1) is 15.1. The number of aromatic amines is 1. The number of fused-ring (bicyclic) bond motifs is 1. The molecular weight excluding hydrogens is 398 g/mol. The quantitative estimate of drug-likeness (QED) is 0.571. The van der Waals surface area contributed by atoms with Crippen LogP contribution in [0.25, 0.3) is 0 Å². The molecule has 9 heteroatoms. The van der Waals surface area contributed by atoms with Crippen molar-refractivity contribution in [2.75, 3.05) is 4.43 Å². The number of aromatic nitrogens is 2. The van der Waals surface area contributed by atoms with Crippen molar-refractivity contribution >= 4 is 22.6 Å². The lowest BCUT2D eigenvalue weighted by Crippen LogP contribution is -2.40. The molecule has 0 aliphatic carbocycles. The molecule has 116 valence electrons. The summed E-state index contributed by atoms with van der Waals surface area (Å²) in [6.07, 6.45) is -1.45. The summed E-state index contributed by atoms with van der Waals surface area (Å²) in [6.45, 7) is 3.34. The Kier molecular flexibility index (Phi) is 3.50. The SMILES string of the molecule is CC1(C)O[C@H]2[C@H](n3ccc(=O)[nH]c3=O)O[C@](F)(CI)[C@H]2O1. The number of rotatable bonds is 2. The second-order valence-corrected chi connectivity index (χ2v) is 6.23. The smallest absolute Gasteiger partial charge is 0.330 e. The van der Waals surface area contributed by atoms with Crippen LogP contribution in [0.4, 0.5) is 4.39 Å². The van der Waals surface area contributed by atoms with Crippen molar-refractivity contribution in [1.29, 1.82) is 0 Å². The summed E-state index contributed by atoms with van der Waals surface area (Å²) < 4.78 is 32.6. The topological polar surface area (TPSA) is 82.6 Å². The van der Waals surface area contributed by atoms with Gasteiger partial charge in [-0.25, -0.2) is 9.18 Å². The van der Waals surface area contributed by atoms with Crippen LogP contribution in [0.15, 0.2) is 21.9 Å². The summed E-state index contributed by atoms with van der Waals surface area (Å²) in [5.41, 5.74) is -1.22. The Morgan fingerprint density at radius 1 is 1.38 bits per heavy atom. The van der Waals surface area contributed by atoms with Gasteiger partial charge < -0.3 is 14.2 Å². The van der Waals surface area contributed by atoms with Gasteiger partial charge in [-0.15, -0.1) is 0 Å². The van der Waals surface area contributed by atoms with Gasteiger partial charge in [-0.2, -0.15) is 0 Å². The molecule has 3 heterocycles. The van der Waals surface area contributed by atoms with E-state index in [1.807, 2.05) is 22.6 Å². The summed E-state index contributed by atoms with van der Waals surface area (Å²) in [7, 11) is 0. The van der Waals surface area contributed by atoms with Gasteiger partial charge in [0, 0.05) is 12.3 Å². The first-order valence-corrected chi connectivity index (χ1v) is 7.88. The molecule has 7 nitrogen and oxygen atoms in total. The average molecular weight is 412 g/mol. The van der Waals surface area contributed by atoms with E-state index in [9.17, 15) is 14.0 Å². The minimum absolute atomic E-state index is 0.0277. The van der Waals surface area contributed by atoms with Crippen LogP contribution in [0.3, 0.4) is 0 Å². The summed E-state index contributed by atoms with van der Waals surface area (Å²) in [5, 5.41) is 0. The van der Waals surface area contributed by atoms with Crippen molar-refractivity contribution in [2.24, 2.45) is 0 Å². The number of halogens is 2. The highest BCUT2D eigenvalue weighted by atomic mass is 127. The summed E-state index contributed by atoms with van der Waals surface area (Å²) in [5.74, 6) is -3.02. The molecule has 0 radical (unpaired) electrons. The predicted molar refractivity (Wildman–Crippen MR) is 78.0 cm³/mol. The lowest BCUT2D eigenvalue weighted by Gasteiger charge is -2.27. The minimum Gasteiger partial charge on any atom is -0.340 e. The molecule has 2 aliphatic heterocycles. The zero-order chi connectivity index (χ0) is 15.4. The van der Waals surface area contributed by atoms with E-state index in [2.05, 4.69) is 4.98 Å². The second-order valence-electron chi connectivity index (χ2n) is 5.47.